The molecule has 1 saturated carbocycles. The number of ketones is 1. The summed E-state index contributed by atoms with van der Waals surface area (Å²) in [6.07, 6.45) is 17.6. The maximum atomic E-state index is 10.8. The van der Waals surface area contributed by atoms with Gasteiger partial charge in [0.15, 0.2) is 10.9 Å². The van der Waals surface area contributed by atoms with E-state index >= 15 is 0 Å². The number of nitrogens with two attached hydrogens (primary N) is 1. The predicted octanol–water partition coefficient (Wildman–Crippen LogP) is 11.8. The summed E-state index contributed by atoms with van der Waals surface area (Å²) in [5, 5.41) is 8.12. The second-order valence-corrected chi connectivity index (χ2v) is 16.6. The Balaban J connectivity index is 0.000000455. The number of anilines is 1. The standard InChI is InChI=1S/C18H24O6.C17H25NO.C7H6N2S.C7H12O.C4H8O/c1-3-18(20)23-11-5-4-10-22-13-17(21-2)14-24-16-8-6-15(12-19)7-9-16;1-3-4-13-5-7-14(8-6-13)15-9-10-17(19-2)16(11-15)12-18;8-7-9-5-3-1-2-4-6(5)10-7;1-4-6(3)7(8)5-2;1-2-3-4-5/h3,6-9,12,17H,1,4-5,10-11,13-14H2,2H3;9-14,18H,3-8H2,1-2H3;1-4H,(H2,8,9);5-6H,2,4H2,1,3H3;4H,2-3H2,1H3. The number of esters is 1. The van der Waals surface area contributed by atoms with Gasteiger partial charge in [0.25, 0.3) is 0 Å². The van der Waals surface area contributed by atoms with Gasteiger partial charge >= 0.3 is 5.97 Å². The Morgan fingerprint density at radius 2 is 1.61 bits per heavy atom. The molecule has 0 amide bonds. The number of thiazole rings is 1. The topological polar surface area (TPSA) is 177 Å². The molecule has 12 nitrogen and oxygen atoms in total. The molecule has 1 heterocycles. The van der Waals surface area contributed by atoms with E-state index in [0.29, 0.717) is 55.2 Å². The molecule has 0 aliphatic heterocycles. The Kier molecular flexibility index (Phi) is 32.5. The molecule has 3 aromatic carbocycles. The number of hydrogen-bond acceptors (Lipinski definition) is 13. The zero-order valence-electron chi connectivity index (χ0n) is 40.2. The van der Waals surface area contributed by atoms with Gasteiger partial charge in [-0.15, -0.1) is 0 Å². The molecule has 13 heteroatoms. The Morgan fingerprint density at radius 3 is 2.14 bits per heavy atom. The highest BCUT2D eigenvalue weighted by atomic mass is 32.1. The molecule has 0 bridgehead atoms. The van der Waals surface area contributed by atoms with Gasteiger partial charge in [0.2, 0.25) is 0 Å². The lowest BCUT2D eigenvalue weighted by atomic mass is 9.77. The van der Waals surface area contributed by atoms with E-state index in [0.717, 1.165) is 71.8 Å². The van der Waals surface area contributed by atoms with Crippen LogP contribution in [-0.4, -0.2) is 82.3 Å². The van der Waals surface area contributed by atoms with Crippen LogP contribution in [0.2, 0.25) is 0 Å². The van der Waals surface area contributed by atoms with Gasteiger partial charge in [0.05, 0.1) is 30.5 Å². The maximum Gasteiger partial charge on any atom is 0.330 e. The van der Waals surface area contributed by atoms with Crippen LogP contribution in [0.15, 0.2) is 92.0 Å². The van der Waals surface area contributed by atoms with Crippen molar-refractivity contribution in [3.05, 3.63) is 109 Å². The number of fused-ring (bicyclic) bond motifs is 1. The molecule has 1 aromatic heterocycles. The van der Waals surface area contributed by atoms with E-state index in [9.17, 15) is 19.2 Å². The summed E-state index contributed by atoms with van der Waals surface area (Å²) in [6.45, 7) is 16.6. The summed E-state index contributed by atoms with van der Waals surface area (Å²) in [7, 11) is 3.26. The number of rotatable bonds is 23. The Labute approximate surface area is 397 Å². The molecule has 0 saturated heterocycles. The molecule has 0 radical (unpaired) electrons. The number of nitrogens with zero attached hydrogens (tertiary/aromatic N) is 1. The molecule has 2 unspecified atom stereocenters. The van der Waals surface area contributed by atoms with Crippen molar-refractivity contribution in [2.45, 2.75) is 110 Å². The lowest BCUT2D eigenvalue weighted by Gasteiger charge is -2.29. The first kappa shape index (κ1) is 58.5. The van der Waals surface area contributed by atoms with E-state index in [4.69, 9.17) is 34.8 Å². The summed E-state index contributed by atoms with van der Waals surface area (Å²) in [4.78, 5) is 45.6. The van der Waals surface area contributed by atoms with Crippen molar-refractivity contribution >= 4 is 57.2 Å². The molecule has 1 fully saturated rings. The van der Waals surface area contributed by atoms with Crippen LogP contribution in [0.3, 0.4) is 0 Å². The molecule has 1 aliphatic carbocycles. The first-order chi connectivity index (χ1) is 32.0. The quantitative estimate of drug-likeness (QED) is 0.0238. The number of para-hydroxylation sites is 1. The number of ether oxygens (including phenoxy) is 5. The van der Waals surface area contributed by atoms with Crippen molar-refractivity contribution in [3.8, 4) is 11.5 Å². The molecule has 2 atom stereocenters. The summed E-state index contributed by atoms with van der Waals surface area (Å²) >= 11 is 1.52. The number of nitrogens with one attached hydrogen (secondary N) is 1. The second kappa shape index (κ2) is 36.7. The van der Waals surface area contributed by atoms with Crippen molar-refractivity contribution in [3.63, 3.8) is 0 Å². The number of unbranched alkanes of at least 4 members (excludes halogenated alkanes) is 2. The molecule has 4 aromatic rings. The van der Waals surface area contributed by atoms with Gasteiger partial charge in [0, 0.05) is 49.5 Å². The van der Waals surface area contributed by atoms with Gasteiger partial charge in [0.1, 0.15) is 36.8 Å². The minimum absolute atomic E-state index is 0.146. The van der Waals surface area contributed by atoms with Crippen LogP contribution in [-0.2, 0) is 28.6 Å². The maximum absolute atomic E-state index is 10.8. The number of carbonyl (C=O) groups is 4. The average Bonchev–Trinajstić information content (AvgIpc) is 3.75. The number of carbonyl (C=O) groups excluding carboxylic acids is 4. The lowest BCUT2D eigenvalue weighted by Crippen LogP contribution is -2.26. The van der Waals surface area contributed by atoms with E-state index in [1.54, 1.807) is 38.5 Å². The largest absolute Gasteiger partial charge is 0.496 e. The molecule has 66 heavy (non-hydrogen) atoms. The van der Waals surface area contributed by atoms with Crippen LogP contribution in [0.25, 0.3) is 10.2 Å². The number of methoxy groups -OCH3 is 2. The highest BCUT2D eigenvalue weighted by Gasteiger charge is 2.22. The van der Waals surface area contributed by atoms with Crippen molar-refractivity contribution in [1.29, 1.82) is 5.41 Å². The Morgan fingerprint density at radius 1 is 0.909 bits per heavy atom. The fourth-order valence-corrected chi connectivity index (χ4v) is 7.23. The van der Waals surface area contributed by atoms with Crippen LogP contribution < -0.4 is 15.2 Å². The van der Waals surface area contributed by atoms with E-state index in [1.165, 1.54) is 67.7 Å². The highest BCUT2D eigenvalue weighted by molar-refractivity contribution is 7.22. The van der Waals surface area contributed by atoms with E-state index < -0.39 is 5.97 Å². The first-order valence-electron chi connectivity index (χ1n) is 22.9. The molecule has 3 N–H and O–H groups in total. The third kappa shape index (κ3) is 24.7. The summed E-state index contributed by atoms with van der Waals surface area (Å²) in [5.41, 5.74) is 9.38. The van der Waals surface area contributed by atoms with Crippen LogP contribution in [0.4, 0.5) is 5.13 Å². The van der Waals surface area contributed by atoms with Crippen molar-refractivity contribution < 1.29 is 42.9 Å². The Hall–Kier alpha value is -5.50. The molecule has 0 spiro atoms. The molecular weight excluding hydrogens is 855 g/mol. The third-order valence-corrected chi connectivity index (χ3v) is 11.5. The number of benzene rings is 3. The van der Waals surface area contributed by atoms with Gasteiger partial charge in [-0.3, -0.25) is 9.59 Å². The monoisotopic (exact) mass is 930 g/mol. The van der Waals surface area contributed by atoms with E-state index in [2.05, 4.69) is 37.2 Å². The predicted molar refractivity (Wildman–Crippen MR) is 269 cm³/mol. The van der Waals surface area contributed by atoms with Crippen molar-refractivity contribution in [2.24, 2.45) is 11.8 Å². The van der Waals surface area contributed by atoms with Gasteiger partial charge in [-0.1, -0.05) is 83.2 Å². The second-order valence-electron chi connectivity index (χ2n) is 15.6. The summed E-state index contributed by atoms with van der Waals surface area (Å²) < 4.78 is 27.7. The summed E-state index contributed by atoms with van der Waals surface area (Å²) in [6, 6.07) is 21.1. The lowest BCUT2D eigenvalue weighted by molar-refractivity contribution is -0.138. The van der Waals surface area contributed by atoms with Gasteiger partial charge < -0.3 is 39.6 Å². The summed E-state index contributed by atoms with van der Waals surface area (Å²) in [5.74, 6) is 3.00. The fourth-order valence-electron chi connectivity index (χ4n) is 6.49. The van der Waals surface area contributed by atoms with E-state index in [-0.39, 0.29) is 17.8 Å². The van der Waals surface area contributed by atoms with Crippen LogP contribution in [0, 0.1) is 17.2 Å². The molecular formula is C53H75N3O9S. The van der Waals surface area contributed by atoms with E-state index in [1.807, 2.05) is 51.1 Å². The zero-order valence-corrected chi connectivity index (χ0v) is 41.0. The smallest absolute Gasteiger partial charge is 0.330 e. The normalized spacial score (nSPS) is 14.5. The van der Waals surface area contributed by atoms with Crippen LogP contribution in [0.1, 0.15) is 126 Å². The number of allylic oxidation sites excluding steroid dienone is 1. The van der Waals surface area contributed by atoms with Crippen molar-refractivity contribution in [2.75, 3.05) is 46.4 Å². The van der Waals surface area contributed by atoms with Crippen LogP contribution >= 0.6 is 11.3 Å². The molecule has 1 aliphatic rings. The van der Waals surface area contributed by atoms with Crippen molar-refractivity contribution in [1.82, 2.24) is 4.98 Å². The highest BCUT2D eigenvalue weighted by Crippen LogP contribution is 2.38. The minimum atomic E-state index is -0.409. The van der Waals surface area contributed by atoms with Gasteiger partial charge in [-0.05, 0) is 123 Å². The fraction of sp³-hybridized carbons (Fsp3) is 0.472. The number of aromatic nitrogens is 1. The Bertz CT molecular complexity index is 1940. The van der Waals surface area contributed by atoms with Crippen LogP contribution in [0.5, 0.6) is 11.5 Å². The third-order valence-electron chi connectivity index (χ3n) is 10.6. The molecule has 362 valence electrons. The van der Waals surface area contributed by atoms with Gasteiger partial charge in [-0.25, -0.2) is 9.78 Å². The minimum Gasteiger partial charge on any atom is -0.496 e. The SMILES string of the molecule is C=CC(=O)C(C)CC.C=CC(=O)OCCCCOCC(COc1ccc(C=O)cc1)OC.CCCC1CCC(c2ccc(OC)c(C=N)c2)CC1.CCCC=O.Nc1nc2ccccc2s1. The first-order valence-corrected chi connectivity index (χ1v) is 23.8. The van der Waals surface area contributed by atoms with Gasteiger partial charge in [-0.2, -0.15) is 0 Å². The number of aldehydes is 2. The number of hydrogen-bond donors (Lipinski definition) is 2. The zero-order chi connectivity index (χ0) is 49.0. The molecule has 5 rings (SSSR count). The number of nitrogen functional groups attached to an aromatic ring is 1. The average molecular weight is 930 g/mol.